The number of carbonyl (C=O) groups excluding carboxylic acids is 1. The molecule has 0 aromatic rings. The number of amides is 1. The molecule has 0 saturated heterocycles. The summed E-state index contributed by atoms with van der Waals surface area (Å²) in [6.07, 6.45) is 31.8. The fourth-order valence-electron chi connectivity index (χ4n) is 4.69. The molecule has 230 valence electrons. The quantitative estimate of drug-likeness (QED) is 0.0496. The van der Waals surface area contributed by atoms with Gasteiger partial charge in [0.05, 0.1) is 17.9 Å². The third kappa shape index (κ3) is 28.2. The number of hydrogen-bond donors (Lipinski definition) is 3. The predicted molar refractivity (Wildman–Crippen MR) is 166 cm³/mol. The van der Waals surface area contributed by atoms with E-state index in [4.69, 9.17) is 0 Å². The van der Waals surface area contributed by atoms with E-state index in [1.54, 1.807) is 6.08 Å². The first-order chi connectivity index (χ1) is 18.8. The van der Waals surface area contributed by atoms with Crippen molar-refractivity contribution in [3.63, 3.8) is 0 Å². The first-order valence-electron chi connectivity index (χ1n) is 16.0. The van der Waals surface area contributed by atoms with Gasteiger partial charge >= 0.3 is 0 Å². The van der Waals surface area contributed by atoms with Gasteiger partial charge in [-0.1, -0.05) is 147 Å². The van der Waals surface area contributed by atoms with E-state index in [1.165, 1.54) is 96.0 Å². The van der Waals surface area contributed by atoms with Crippen molar-refractivity contribution in [3.8, 4) is 0 Å². The van der Waals surface area contributed by atoms with Crippen LogP contribution in [-0.2, 0) is 14.9 Å². The average molecular weight is 572 g/mol. The van der Waals surface area contributed by atoms with Crippen molar-refractivity contribution in [2.75, 3.05) is 5.75 Å². The number of hydrogen-bond acceptors (Lipinski definition) is 4. The number of aliphatic hydroxyl groups excluding tert-OH is 1. The van der Waals surface area contributed by atoms with Crippen molar-refractivity contribution in [3.05, 3.63) is 24.3 Å². The number of carbonyl (C=O) groups is 1. The third-order valence-electron chi connectivity index (χ3n) is 7.13. The molecule has 0 saturated carbocycles. The van der Waals surface area contributed by atoms with E-state index in [0.29, 0.717) is 12.8 Å². The van der Waals surface area contributed by atoms with Gasteiger partial charge in [-0.3, -0.25) is 9.35 Å². The van der Waals surface area contributed by atoms with Crippen LogP contribution >= 0.6 is 0 Å². The van der Waals surface area contributed by atoms with Crippen molar-refractivity contribution >= 4 is 16.0 Å². The summed E-state index contributed by atoms with van der Waals surface area (Å²) in [5, 5.41) is 13.0. The average Bonchev–Trinajstić information content (AvgIpc) is 2.88. The molecule has 6 nitrogen and oxygen atoms in total. The zero-order valence-corrected chi connectivity index (χ0v) is 26.1. The first kappa shape index (κ1) is 37.8. The maximum absolute atomic E-state index is 12.4. The second kappa shape index (κ2) is 27.0. The molecule has 2 atom stereocenters. The molecule has 3 N–H and O–H groups in total. The van der Waals surface area contributed by atoms with E-state index in [2.05, 4.69) is 31.3 Å². The van der Waals surface area contributed by atoms with Crippen LogP contribution in [-0.4, -0.2) is 41.9 Å². The lowest BCUT2D eigenvalue weighted by atomic mass is 10.0. The minimum absolute atomic E-state index is 0.291. The molecule has 0 radical (unpaired) electrons. The van der Waals surface area contributed by atoms with E-state index in [0.717, 1.165) is 38.5 Å². The Labute approximate surface area is 241 Å². The molecule has 0 fully saturated rings. The van der Waals surface area contributed by atoms with Gasteiger partial charge in [0.15, 0.2) is 0 Å². The van der Waals surface area contributed by atoms with Crippen LogP contribution < -0.4 is 5.32 Å². The molecule has 1 amide bonds. The highest BCUT2D eigenvalue weighted by Gasteiger charge is 2.24. The summed E-state index contributed by atoms with van der Waals surface area (Å²) in [7, 11) is -4.33. The van der Waals surface area contributed by atoms with E-state index in [9.17, 15) is 22.9 Å². The number of unbranched alkanes of at least 4 members (excludes halogenated alkanes) is 18. The number of nitrogens with one attached hydrogen (secondary N) is 1. The minimum Gasteiger partial charge on any atom is -0.387 e. The summed E-state index contributed by atoms with van der Waals surface area (Å²) >= 11 is 0. The summed E-state index contributed by atoms with van der Waals surface area (Å²) in [6, 6.07) is -1.06. The molecule has 0 spiro atoms. The van der Waals surface area contributed by atoms with Crippen LogP contribution in [0.4, 0.5) is 0 Å². The minimum atomic E-state index is -4.33. The van der Waals surface area contributed by atoms with Crippen LogP contribution in [0.15, 0.2) is 24.3 Å². The number of allylic oxidation sites excluding steroid dienone is 3. The molecular weight excluding hydrogens is 510 g/mol. The molecule has 2 unspecified atom stereocenters. The topological polar surface area (TPSA) is 104 Å². The van der Waals surface area contributed by atoms with Gasteiger partial charge in [0.25, 0.3) is 10.1 Å². The summed E-state index contributed by atoms with van der Waals surface area (Å²) in [6.45, 7) is 4.41. The molecule has 0 bridgehead atoms. The zero-order valence-electron chi connectivity index (χ0n) is 25.3. The highest BCUT2D eigenvalue weighted by molar-refractivity contribution is 7.85. The van der Waals surface area contributed by atoms with Gasteiger partial charge in [-0.15, -0.1) is 0 Å². The second-order valence-corrected chi connectivity index (χ2v) is 12.6. The Balaban J connectivity index is 3.97. The fraction of sp³-hybridized carbons (Fsp3) is 0.844. The molecule has 0 aromatic carbocycles. The Hall–Kier alpha value is -1.18. The first-order valence-corrected chi connectivity index (χ1v) is 17.6. The van der Waals surface area contributed by atoms with Crippen LogP contribution in [0.2, 0.25) is 0 Å². The zero-order chi connectivity index (χ0) is 29.0. The van der Waals surface area contributed by atoms with Gasteiger partial charge in [-0.25, -0.2) is 0 Å². The Bertz CT molecular complexity index is 720. The highest BCUT2D eigenvalue weighted by Crippen LogP contribution is 2.14. The fourth-order valence-corrected chi connectivity index (χ4v) is 5.42. The van der Waals surface area contributed by atoms with Crippen LogP contribution in [0.25, 0.3) is 0 Å². The summed E-state index contributed by atoms with van der Waals surface area (Å²) in [4.78, 5) is 12.4. The Morgan fingerprint density at radius 2 is 1.10 bits per heavy atom. The molecule has 0 aliphatic carbocycles. The monoisotopic (exact) mass is 571 g/mol. The van der Waals surface area contributed by atoms with Gasteiger partial charge in [0, 0.05) is 6.42 Å². The standard InChI is InChI=1S/C32H61NO5S/c1-3-5-7-9-11-13-14-15-16-17-18-19-20-22-24-26-28-32(35)33-30(29-39(36,37)38)31(34)27-25-23-21-12-10-8-6-4-2/h10,12,25,27,30-31,34H,3-9,11,13-24,26,28-29H2,1-2H3,(H,33,35)(H,36,37,38)/b12-10+,27-25+. The van der Waals surface area contributed by atoms with Crippen molar-refractivity contribution in [1.29, 1.82) is 0 Å². The van der Waals surface area contributed by atoms with E-state index < -0.39 is 28.0 Å². The molecule has 0 aliphatic rings. The van der Waals surface area contributed by atoms with Crippen molar-refractivity contribution < 1.29 is 22.9 Å². The number of rotatable bonds is 28. The predicted octanol–water partition coefficient (Wildman–Crippen LogP) is 8.45. The smallest absolute Gasteiger partial charge is 0.267 e. The van der Waals surface area contributed by atoms with Gasteiger partial charge in [0.1, 0.15) is 0 Å². The maximum Gasteiger partial charge on any atom is 0.267 e. The van der Waals surface area contributed by atoms with Crippen LogP contribution in [0.1, 0.15) is 155 Å². The number of aliphatic hydroxyl groups is 1. The summed E-state index contributed by atoms with van der Waals surface area (Å²) < 4.78 is 32.1. The lowest BCUT2D eigenvalue weighted by Gasteiger charge is -2.21. The van der Waals surface area contributed by atoms with Gasteiger partial charge in [-0.05, 0) is 25.7 Å². The van der Waals surface area contributed by atoms with E-state index >= 15 is 0 Å². The van der Waals surface area contributed by atoms with Gasteiger partial charge < -0.3 is 10.4 Å². The Morgan fingerprint density at radius 3 is 1.59 bits per heavy atom. The van der Waals surface area contributed by atoms with Crippen LogP contribution in [0.3, 0.4) is 0 Å². The highest BCUT2D eigenvalue weighted by atomic mass is 32.2. The molecular formula is C32H61NO5S. The van der Waals surface area contributed by atoms with Crippen molar-refractivity contribution in [1.82, 2.24) is 5.32 Å². The SMILES string of the molecule is CCCC/C=C/CC/C=C/C(O)C(CS(=O)(=O)O)NC(=O)CCCCCCCCCCCCCCCCCC. The molecule has 0 aliphatic heterocycles. The molecule has 0 aromatic heterocycles. The van der Waals surface area contributed by atoms with Gasteiger partial charge in [-0.2, -0.15) is 8.42 Å². The second-order valence-electron chi connectivity index (χ2n) is 11.1. The molecule has 7 heteroatoms. The Morgan fingerprint density at radius 1 is 0.667 bits per heavy atom. The van der Waals surface area contributed by atoms with Gasteiger partial charge in [0.2, 0.25) is 5.91 Å². The lowest BCUT2D eigenvalue weighted by molar-refractivity contribution is -0.122. The molecule has 39 heavy (non-hydrogen) atoms. The van der Waals surface area contributed by atoms with E-state index in [1.807, 2.05) is 0 Å². The molecule has 0 heterocycles. The third-order valence-corrected chi connectivity index (χ3v) is 7.91. The molecule has 0 rings (SSSR count). The van der Waals surface area contributed by atoms with Crippen molar-refractivity contribution in [2.24, 2.45) is 0 Å². The van der Waals surface area contributed by atoms with Crippen molar-refractivity contribution in [2.45, 2.75) is 167 Å². The Kier molecular flexibility index (Phi) is 26.2. The normalized spacial score (nSPS) is 13.8. The maximum atomic E-state index is 12.4. The lowest BCUT2D eigenvalue weighted by Crippen LogP contribution is -2.46. The van der Waals surface area contributed by atoms with Crippen LogP contribution in [0, 0.1) is 0 Å². The summed E-state index contributed by atoms with van der Waals surface area (Å²) in [5.74, 6) is -1.000. The van der Waals surface area contributed by atoms with E-state index in [-0.39, 0.29) is 5.91 Å². The largest absolute Gasteiger partial charge is 0.387 e. The van der Waals surface area contributed by atoms with Crippen LogP contribution in [0.5, 0.6) is 0 Å². The summed E-state index contributed by atoms with van der Waals surface area (Å²) in [5.41, 5.74) is 0.